The van der Waals surface area contributed by atoms with Crippen molar-refractivity contribution < 1.29 is 19.3 Å². The molecule has 0 aromatic carbocycles. The van der Waals surface area contributed by atoms with Crippen molar-refractivity contribution in [1.82, 2.24) is 4.90 Å². The van der Waals surface area contributed by atoms with E-state index in [1.165, 1.54) is 16.7 Å². The lowest BCUT2D eigenvalue weighted by Gasteiger charge is -2.49. The number of β-lactam (4-membered cyclic amide) rings is 1. The van der Waals surface area contributed by atoms with Gasteiger partial charge in [0.25, 0.3) is 0 Å². The first-order valence-corrected chi connectivity index (χ1v) is 7.90. The summed E-state index contributed by atoms with van der Waals surface area (Å²) in [5.41, 5.74) is 6.22. The van der Waals surface area contributed by atoms with Gasteiger partial charge >= 0.3 is 0 Å². The Morgan fingerprint density at radius 1 is 1.45 bits per heavy atom. The third-order valence-corrected chi connectivity index (χ3v) is 4.97. The van der Waals surface area contributed by atoms with Gasteiger partial charge in [0.2, 0.25) is 5.91 Å². The van der Waals surface area contributed by atoms with Gasteiger partial charge in [-0.05, 0) is 11.6 Å². The first-order chi connectivity index (χ1) is 10.6. The van der Waals surface area contributed by atoms with Gasteiger partial charge in [-0.3, -0.25) is 9.69 Å². The monoisotopic (exact) mass is 317 g/mol. The molecule has 114 valence electrons. The maximum atomic E-state index is 11.8. The minimum Gasteiger partial charge on any atom is -0.543 e. The van der Waals surface area contributed by atoms with E-state index >= 15 is 0 Å². The number of aliphatic carboxylic acids is 1. The van der Waals surface area contributed by atoms with Crippen LogP contribution in [0.4, 0.5) is 0 Å². The Kier molecular flexibility index (Phi) is 4.00. The van der Waals surface area contributed by atoms with Crippen LogP contribution in [-0.2, 0) is 16.1 Å². The number of allylic oxidation sites excluding steroid dienone is 2. The number of carbonyl (C=O) groups is 2. The second-order valence-corrected chi connectivity index (χ2v) is 6.18. The topological polar surface area (TPSA) is 90.3 Å². The molecule has 7 heteroatoms. The fraction of sp³-hybridized carbons (Fsp3) is 0.267. The van der Waals surface area contributed by atoms with Crippen molar-refractivity contribution in [2.45, 2.75) is 18.0 Å². The van der Waals surface area contributed by atoms with Crippen LogP contribution in [0.3, 0.4) is 0 Å². The SMILES string of the molecule is N[C@@H]1C(=O)N2C(C(=O)[O-])=C(C=CC[n+]3ccccc3)CS[C@H]12. The molecule has 3 heterocycles. The Balaban J connectivity index is 1.81. The second-order valence-electron chi connectivity index (χ2n) is 5.07. The van der Waals surface area contributed by atoms with Gasteiger partial charge in [0.1, 0.15) is 11.4 Å². The van der Waals surface area contributed by atoms with E-state index in [1.807, 2.05) is 41.2 Å². The summed E-state index contributed by atoms with van der Waals surface area (Å²) in [5.74, 6) is -1.20. The highest BCUT2D eigenvalue weighted by Crippen LogP contribution is 2.39. The number of carboxylic acids is 1. The molecule has 2 aliphatic rings. The molecule has 6 nitrogen and oxygen atoms in total. The molecule has 2 aliphatic heterocycles. The van der Waals surface area contributed by atoms with Crippen molar-refractivity contribution >= 4 is 23.6 Å². The quantitative estimate of drug-likeness (QED) is 0.555. The number of nitrogens with two attached hydrogens (primary N) is 1. The van der Waals surface area contributed by atoms with Crippen LogP contribution < -0.4 is 15.4 Å². The Morgan fingerprint density at radius 3 is 2.86 bits per heavy atom. The average Bonchev–Trinajstić information content (AvgIpc) is 2.54. The third-order valence-electron chi connectivity index (χ3n) is 3.64. The van der Waals surface area contributed by atoms with Crippen LogP contribution in [0.2, 0.25) is 0 Å². The molecule has 1 saturated heterocycles. The number of thioether (sulfide) groups is 1. The lowest BCUT2D eigenvalue weighted by Crippen LogP contribution is -2.69. The standard InChI is InChI=1S/C15H15N3O3S/c16-11-13(19)18-12(15(20)21)10(9-22-14(11)18)5-4-8-17-6-2-1-3-7-17/h1-7,11,14H,8-9,16H2/t11-,14-/m1/s1. The van der Waals surface area contributed by atoms with E-state index in [0.717, 1.165) is 0 Å². The van der Waals surface area contributed by atoms with E-state index in [4.69, 9.17) is 5.73 Å². The maximum absolute atomic E-state index is 11.8. The molecule has 1 aromatic rings. The normalized spacial score (nSPS) is 24.4. The summed E-state index contributed by atoms with van der Waals surface area (Å²) in [5, 5.41) is 11.1. The number of amides is 1. The molecular formula is C15H15N3O3S. The zero-order valence-corrected chi connectivity index (χ0v) is 12.5. The van der Waals surface area contributed by atoms with Crippen molar-refractivity contribution in [3.05, 3.63) is 54.0 Å². The molecule has 0 aliphatic carbocycles. The number of hydrogen-bond acceptors (Lipinski definition) is 5. The molecule has 0 unspecified atom stereocenters. The predicted octanol–water partition coefficient (Wildman–Crippen LogP) is -1.22. The summed E-state index contributed by atoms with van der Waals surface area (Å²) >= 11 is 1.47. The average molecular weight is 317 g/mol. The van der Waals surface area contributed by atoms with Crippen LogP contribution in [0.1, 0.15) is 0 Å². The molecule has 22 heavy (non-hydrogen) atoms. The van der Waals surface area contributed by atoms with Crippen molar-refractivity contribution in [3.63, 3.8) is 0 Å². The van der Waals surface area contributed by atoms with E-state index in [2.05, 4.69) is 0 Å². The predicted molar refractivity (Wildman–Crippen MR) is 78.9 cm³/mol. The van der Waals surface area contributed by atoms with Crippen molar-refractivity contribution in [1.29, 1.82) is 0 Å². The van der Waals surface area contributed by atoms with Crippen LogP contribution in [0, 0.1) is 0 Å². The third kappa shape index (κ3) is 2.53. The first kappa shape index (κ1) is 14.8. The van der Waals surface area contributed by atoms with Crippen molar-refractivity contribution in [2.24, 2.45) is 5.73 Å². The first-order valence-electron chi connectivity index (χ1n) is 6.85. The van der Waals surface area contributed by atoms with E-state index in [-0.39, 0.29) is 17.0 Å². The van der Waals surface area contributed by atoms with Gasteiger partial charge in [-0.1, -0.05) is 12.1 Å². The van der Waals surface area contributed by atoms with E-state index in [0.29, 0.717) is 17.9 Å². The zero-order chi connectivity index (χ0) is 15.7. The van der Waals surface area contributed by atoms with Crippen LogP contribution in [0.5, 0.6) is 0 Å². The highest BCUT2D eigenvalue weighted by Gasteiger charge is 2.49. The summed E-state index contributed by atoms with van der Waals surface area (Å²) < 4.78 is 1.96. The molecule has 0 saturated carbocycles. The Labute approximate surface area is 131 Å². The number of carboxylic acid groups (broad SMARTS) is 1. The van der Waals surface area contributed by atoms with Gasteiger partial charge in [-0.15, -0.1) is 11.8 Å². The molecule has 1 amide bonds. The molecule has 0 spiro atoms. The minimum absolute atomic E-state index is 0.0511. The maximum Gasteiger partial charge on any atom is 0.248 e. The number of rotatable bonds is 4. The number of nitrogens with zero attached hydrogens (tertiary/aromatic N) is 2. The molecule has 0 bridgehead atoms. The number of hydrogen-bond donors (Lipinski definition) is 1. The van der Waals surface area contributed by atoms with E-state index in [1.54, 1.807) is 6.08 Å². The summed E-state index contributed by atoms with van der Waals surface area (Å²) in [4.78, 5) is 24.4. The van der Waals surface area contributed by atoms with Crippen LogP contribution in [0.15, 0.2) is 54.0 Å². The summed E-state index contributed by atoms with van der Waals surface area (Å²) in [6.45, 7) is 0.617. The Bertz CT molecular complexity index is 672. The summed E-state index contributed by atoms with van der Waals surface area (Å²) in [6.07, 6.45) is 7.44. The number of aromatic nitrogens is 1. The van der Waals surface area contributed by atoms with Crippen LogP contribution in [-0.4, -0.2) is 33.9 Å². The van der Waals surface area contributed by atoms with Crippen LogP contribution >= 0.6 is 11.8 Å². The highest BCUT2D eigenvalue weighted by atomic mass is 32.2. The largest absolute Gasteiger partial charge is 0.543 e. The number of fused-ring (bicyclic) bond motifs is 1. The summed E-state index contributed by atoms with van der Waals surface area (Å²) in [7, 11) is 0. The molecule has 1 fully saturated rings. The molecule has 1 aromatic heterocycles. The van der Waals surface area contributed by atoms with Gasteiger partial charge < -0.3 is 15.6 Å². The Hall–Kier alpha value is -2.12. The van der Waals surface area contributed by atoms with E-state index < -0.39 is 12.0 Å². The van der Waals surface area contributed by atoms with Gasteiger partial charge in [-0.2, -0.15) is 0 Å². The number of carbonyl (C=O) groups excluding carboxylic acids is 2. The molecule has 2 N–H and O–H groups in total. The van der Waals surface area contributed by atoms with Gasteiger partial charge in [0, 0.05) is 17.9 Å². The van der Waals surface area contributed by atoms with Gasteiger partial charge in [-0.25, -0.2) is 4.57 Å². The lowest BCUT2D eigenvalue weighted by atomic mass is 10.0. The lowest BCUT2D eigenvalue weighted by molar-refractivity contribution is -0.687. The van der Waals surface area contributed by atoms with Gasteiger partial charge in [0.05, 0.1) is 11.7 Å². The zero-order valence-electron chi connectivity index (χ0n) is 11.7. The van der Waals surface area contributed by atoms with Gasteiger partial charge in [0.15, 0.2) is 18.9 Å². The van der Waals surface area contributed by atoms with Crippen LogP contribution in [0.25, 0.3) is 0 Å². The molecule has 2 atom stereocenters. The second kappa shape index (κ2) is 5.94. The molecular weight excluding hydrogens is 302 g/mol. The van der Waals surface area contributed by atoms with E-state index in [9.17, 15) is 14.7 Å². The summed E-state index contributed by atoms with van der Waals surface area (Å²) in [6, 6.07) is 5.14. The minimum atomic E-state index is -1.34. The van der Waals surface area contributed by atoms with Crippen molar-refractivity contribution in [3.8, 4) is 0 Å². The smallest absolute Gasteiger partial charge is 0.248 e. The van der Waals surface area contributed by atoms with Crippen molar-refractivity contribution in [2.75, 3.05) is 5.75 Å². The number of pyridine rings is 1. The fourth-order valence-corrected chi connectivity index (χ4v) is 3.79. The fourth-order valence-electron chi connectivity index (χ4n) is 2.53. The molecule has 3 rings (SSSR count). The highest BCUT2D eigenvalue weighted by molar-refractivity contribution is 8.00. The Morgan fingerprint density at radius 2 is 2.18 bits per heavy atom. The molecule has 0 radical (unpaired) electrons.